The summed E-state index contributed by atoms with van der Waals surface area (Å²) in [5.41, 5.74) is 0.0768. The Morgan fingerprint density at radius 3 is 2.38 bits per heavy atom. The fourth-order valence-electron chi connectivity index (χ4n) is 3.46. The SMILES string of the molecule is CCCCOC(=O)C1=C(C(=O)N(C(C)=O)c2cc(SCC(=O)OCC)c(Cl)cc2F)CCCC1. The van der Waals surface area contributed by atoms with E-state index in [-0.39, 0.29) is 47.2 Å². The van der Waals surface area contributed by atoms with Crippen LogP contribution in [0.15, 0.2) is 28.2 Å². The van der Waals surface area contributed by atoms with Crippen LogP contribution in [0.25, 0.3) is 0 Å². The van der Waals surface area contributed by atoms with Crippen molar-refractivity contribution in [2.45, 2.75) is 64.2 Å². The molecular weight excluding hydrogens is 485 g/mol. The van der Waals surface area contributed by atoms with Gasteiger partial charge in [0.05, 0.1) is 29.7 Å². The Kier molecular flexibility index (Phi) is 11.0. The maximum absolute atomic E-state index is 14.9. The number of benzene rings is 1. The van der Waals surface area contributed by atoms with Crippen LogP contribution in [0.1, 0.15) is 59.3 Å². The highest BCUT2D eigenvalue weighted by Crippen LogP contribution is 2.36. The first-order valence-corrected chi connectivity index (χ1v) is 12.6. The molecule has 2 rings (SSSR count). The van der Waals surface area contributed by atoms with E-state index in [9.17, 15) is 23.6 Å². The number of carbonyl (C=O) groups excluding carboxylic acids is 4. The number of nitrogens with zero attached hydrogens (tertiary/aromatic N) is 1. The van der Waals surface area contributed by atoms with Gasteiger partial charge in [0.1, 0.15) is 5.82 Å². The minimum absolute atomic E-state index is 0.0311. The summed E-state index contributed by atoms with van der Waals surface area (Å²) in [6.07, 6.45) is 3.54. The van der Waals surface area contributed by atoms with Gasteiger partial charge in [-0.15, -0.1) is 11.8 Å². The maximum Gasteiger partial charge on any atom is 0.334 e. The van der Waals surface area contributed by atoms with Crippen molar-refractivity contribution < 1.29 is 33.0 Å². The van der Waals surface area contributed by atoms with E-state index in [1.165, 1.54) is 6.07 Å². The Morgan fingerprint density at radius 1 is 1.09 bits per heavy atom. The number of anilines is 1. The van der Waals surface area contributed by atoms with Gasteiger partial charge in [0.25, 0.3) is 5.91 Å². The Hall–Kier alpha value is -2.39. The summed E-state index contributed by atoms with van der Waals surface area (Å²) in [5.74, 6) is -3.50. The molecule has 0 fully saturated rings. The van der Waals surface area contributed by atoms with Gasteiger partial charge in [-0.3, -0.25) is 14.4 Å². The number of hydrogen-bond acceptors (Lipinski definition) is 7. The molecule has 0 heterocycles. The summed E-state index contributed by atoms with van der Waals surface area (Å²) >= 11 is 7.13. The molecule has 0 radical (unpaired) electrons. The van der Waals surface area contributed by atoms with E-state index < -0.39 is 29.6 Å². The normalized spacial score (nSPS) is 13.4. The van der Waals surface area contributed by atoms with Crippen molar-refractivity contribution in [2.24, 2.45) is 0 Å². The summed E-state index contributed by atoms with van der Waals surface area (Å²) in [7, 11) is 0. The Bertz CT molecular complexity index is 980. The number of carbonyl (C=O) groups is 4. The van der Waals surface area contributed by atoms with Crippen LogP contribution in [0.4, 0.5) is 10.1 Å². The highest BCUT2D eigenvalue weighted by atomic mass is 35.5. The van der Waals surface area contributed by atoms with Crippen LogP contribution < -0.4 is 4.90 Å². The third-order valence-electron chi connectivity index (χ3n) is 5.11. The van der Waals surface area contributed by atoms with E-state index in [2.05, 4.69) is 0 Å². The molecule has 0 spiro atoms. The molecule has 2 amide bonds. The number of esters is 2. The number of unbranched alkanes of at least 4 members (excludes halogenated alkanes) is 1. The molecule has 0 aromatic heterocycles. The second-order valence-corrected chi connectivity index (χ2v) is 9.07. The van der Waals surface area contributed by atoms with Crippen LogP contribution in [0, 0.1) is 5.82 Å². The van der Waals surface area contributed by atoms with E-state index in [4.69, 9.17) is 21.1 Å². The van der Waals surface area contributed by atoms with Gasteiger partial charge in [-0.25, -0.2) is 14.1 Å². The molecule has 0 saturated carbocycles. The van der Waals surface area contributed by atoms with E-state index in [1.807, 2.05) is 6.92 Å². The molecule has 0 aliphatic heterocycles. The number of thioether (sulfide) groups is 1. The maximum atomic E-state index is 14.9. The van der Waals surface area contributed by atoms with E-state index in [1.54, 1.807) is 6.92 Å². The molecule has 0 N–H and O–H groups in total. The summed E-state index contributed by atoms with van der Waals surface area (Å²) in [6, 6.07) is 2.24. The lowest BCUT2D eigenvalue weighted by atomic mass is 9.90. The molecule has 1 aromatic rings. The zero-order chi connectivity index (χ0) is 25.3. The van der Waals surface area contributed by atoms with Crippen LogP contribution >= 0.6 is 23.4 Å². The topological polar surface area (TPSA) is 90.0 Å². The molecule has 186 valence electrons. The molecular formula is C24H29ClFNO6S. The average Bonchev–Trinajstić information content (AvgIpc) is 2.79. The second kappa shape index (κ2) is 13.5. The van der Waals surface area contributed by atoms with Gasteiger partial charge in [-0.05, 0) is 51.2 Å². The summed E-state index contributed by atoms with van der Waals surface area (Å²) in [4.78, 5) is 51.3. The van der Waals surface area contributed by atoms with Gasteiger partial charge in [0, 0.05) is 23.0 Å². The molecule has 1 aliphatic carbocycles. The fraction of sp³-hybridized carbons (Fsp3) is 0.500. The lowest BCUT2D eigenvalue weighted by molar-refractivity contribution is -0.140. The first kappa shape index (κ1) is 27.9. The standard InChI is InChI=1S/C24H29ClFNO6S/c1-4-6-11-33-24(31)17-10-8-7-9-16(17)23(30)27(15(3)28)20-13-21(18(25)12-19(20)26)34-14-22(29)32-5-2/h12-13H,4-11,14H2,1-3H3. The van der Waals surface area contributed by atoms with Gasteiger partial charge in [0.2, 0.25) is 5.91 Å². The number of imide groups is 1. The zero-order valence-corrected chi connectivity index (χ0v) is 21.2. The van der Waals surface area contributed by atoms with Crippen molar-refractivity contribution in [1.29, 1.82) is 0 Å². The minimum atomic E-state index is -0.877. The minimum Gasteiger partial charge on any atom is -0.465 e. The highest BCUT2D eigenvalue weighted by molar-refractivity contribution is 8.00. The Balaban J connectivity index is 2.41. The third-order valence-corrected chi connectivity index (χ3v) is 6.57. The molecule has 34 heavy (non-hydrogen) atoms. The quantitative estimate of drug-likeness (QED) is 0.240. The molecule has 0 bridgehead atoms. The van der Waals surface area contributed by atoms with Crippen LogP contribution in [0.2, 0.25) is 5.02 Å². The van der Waals surface area contributed by atoms with Gasteiger partial charge >= 0.3 is 11.9 Å². The fourth-order valence-corrected chi connectivity index (χ4v) is 4.52. The van der Waals surface area contributed by atoms with Crippen LogP contribution in [-0.4, -0.2) is 42.7 Å². The zero-order valence-electron chi connectivity index (χ0n) is 19.6. The monoisotopic (exact) mass is 513 g/mol. The van der Waals surface area contributed by atoms with Crippen molar-refractivity contribution >= 4 is 52.8 Å². The van der Waals surface area contributed by atoms with Crippen LogP contribution in [0.3, 0.4) is 0 Å². The number of amides is 2. The molecule has 0 unspecified atom stereocenters. The van der Waals surface area contributed by atoms with Gasteiger partial charge in [0.15, 0.2) is 0 Å². The summed E-state index contributed by atoms with van der Waals surface area (Å²) in [6.45, 7) is 5.24. The second-order valence-electron chi connectivity index (χ2n) is 7.64. The molecule has 0 saturated heterocycles. The van der Waals surface area contributed by atoms with Crippen molar-refractivity contribution in [3.63, 3.8) is 0 Å². The average molecular weight is 514 g/mol. The van der Waals surface area contributed by atoms with Crippen molar-refractivity contribution in [3.8, 4) is 0 Å². The molecule has 10 heteroatoms. The smallest absolute Gasteiger partial charge is 0.334 e. The number of halogens is 2. The van der Waals surface area contributed by atoms with Crippen molar-refractivity contribution in [2.75, 3.05) is 23.9 Å². The largest absolute Gasteiger partial charge is 0.465 e. The lowest BCUT2D eigenvalue weighted by Gasteiger charge is -2.25. The molecule has 0 atom stereocenters. The molecule has 1 aliphatic rings. The predicted molar refractivity (Wildman–Crippen MR) is 128 cm³/mol. The van der Waals surface area contributed by atoms with Gasteiger partial charge in [-0.1, -0.05) is 24.9 Å². The Morgan fingerprint density at radius 2 is 1.76 bits per heavy atom. The van der Waals surface area contributed by atoms with Crippen molar-refractivity contribution in [1.82, 2.24) is 0 Å². The molecule has 1 aromatic carbocycles. The van der Waals surface area contributed by atoms with E-state index in [0.29, 0.717) is 35.5 Å². The predicted octanol–water partition coefficient (Wildman–Crippen LogP) is 5.23. The Labute approximate surface area is 208 Å². The van der Waals surface area contributed by atoms with E-state index >= 15 is 0 Å². The number of rotatable bonds is 10. The van der Waals surface area contributed by atoms with Gasteiger partial charge in [-0.2, -0.15) is 0 Å². The molecule has 7 nitrogen and oxygen atoms in total. The number of ether oxygens (including phenoxy) is 2. The van der Waals surface area contributed by atoms with Crippen LogP contribution in [0.5, 0.6) is 0 Å². The first-order valence-electron chi connectivity index (χ1n) is 11.2. The highest BCUT2D eigenvalue weighted by Gasteiger charge is 2.32. The summed E-state index contributed by atoms with van der Waals surface area (Å²) < 4.78 is 25.1. The first-order chi connectivity index (χ1) is 16.2. The number of hydrogen-bond donors (Lipinski definition) is 0. The van der Waals surface area contributed by atoms with Gasteiger partial charge < -0.3 is 9.47 Å². The third kappa shape index (κ3) is 7.30. The van der Waals surface area contributed by atoms with Crippen LogP contribution in [-0.2, 0) is 28.7 Å². The van der Waals surface area contributed by atoms with Crippen molar-refractivity contribution in [3.05, 3.63) is 34.1 Å². The van der Waals surface area contributed by atoms with E-state index in [0.717, 1.165) is 31.2 Å². The summed E-state index contributed by atoms with van der Waals surface area (Å²) in [5, 5.41) is 0.0311. The lowest BCUT2D eigenvalue weighted by Crippen LogP contribution is -2.38.